The predicted octanol–water partition coefficient (Wildman–Crippen LogP) is 3.07. The number of hydrogen-bond donors (Lipinski definition) is 0. The zero-order valence-electron chi connectivity index (χ0n) is 8.69. The lowest BCUT2D eigenvalue weighted by Crippen LogP contribution is -2.02. The quantitative estimate of drug-likeness (QED) is 0.766. The number of ether oxygens (including phenoxy) is 1. The fourth-order valence-electron chi connectivity index (χ4n) is 1.61. The normalized spacial score (nSPS) is 15.3. The summed E-state index contributed by atoms with van der Waals surface area (Å²) < 4.78 is 5.69. The highest BCUT2D eigenvalue weighted by Crippen LogP contribution is 2.31. The summed E-state index contributed by atoms with van der Waals surface area (Å²) in [5.74, 6) is 1.30. The highest BCUT2D eigenvalue weighted by atomic mass is 35.5. The Hall–Kier alpha value is -1.35. The SMILES string of the molecule is Clc1nc(OCC2CC2)c2ccccc2n1. The van der Waals surface area contributed by atoms with E-state index >= 15 is 0 Å². The highest BCUT2D eigenvalue weighted by Gasteiger charge is 2.22. The Morgan fingerprint density at radius 2 is 2.06 bits per heavy atom. The number of aromatic nitrogens is 2. The Labute approximate surface area is 98.4 Å². The topological polar surface area (TPSA) is 35.0 Å². The van der Waals surface area contributed by atoms with Crippen molar-refractivity contribution < 1.29 is 4.74 Å². The summed E-state index contributed by atoms with van der Waals surface area (Å²) in [6.07, 6.45) is 2.52. The first-order valence-corrected chi connectivity index (χ1v) is 5.76. The van der Waals surface area contributed by atoms with Crippen LogP contribution in [0.1, 0.15) is 12.8 Å². The zero-order chi connectivity index (χ0) is 11.0. The lowest BCUT2D eigenvalue weighted by atomic mass is 10.2. The van der Waals surface area contributed by atoms with Gasteiger partial charge in [0.1, 0.15) is 0 Å². The summed E-state index contributed by atoms with van der Waals surface area (Å²) in [5, 5.41) is 1.16. The largest absolute Gasteiger partial charge is 0.477 e. The molecule has 0 spiro atoms. The zero-order valence-corrected chi connectivity index (χ0v) is 9.44. The third-order valence-electron chi connectivity index (χ3n) is 2.69. The molecule has 0 unspecified atom stereocenters. The van der Waals surface area contributed by atoms with Gasteiger partial charge in [0, 0.05) is 0 Å². The van der Waals surface area contributed by atoms with Gasteiger partial charge in [0.05, 0.1) is 17.5 Å². The van der Waals surface area contributed by atoms with Crippen LogP contribution >= 0.6 is 11.6 Å². The van der Waals surface area contributed by atoms with Crippen LogP contribution in [0, 0.1) is 5.92 Å². The van der Waals surface area contributed by atoms with Gasteiger partial charge in [-0.15, -0.1) is 0 Å². The summed E-state index contributed by atoms with van der Waals surface area (Å²) in [4.78, 5) is 8.29. The number of halogens is 1. The second-order valence-corrected chi connectivity index (χ2v) is 4.41. The second-order valence-electron chi connectivity index (χ2n) is 4.07. The van der Waals surface area contributed by atoms with Crippen molar-refractivity contribution in [3.8, 4) is 5.88 Å². The van der Waals surface area contributed by atoms with Gasteiger partial charge in [-0.05, 0) is 42.5 Å². The van der Waals surface area contributed by atoms with E-state index < -0.39 is 0 Å². The molecule has 0 atom stereocenters. The molecular formula is C12H11ClN2O. The fourth-order valence-corrected chi connectivity index (χ4v) is 1.78. The molecule has 1 fully saturated rings. The van der Waals surface area contributed by atoms with Gasteiger partial charge in [-0.25, -0.2) is 4.98 Å². The summed E-state index contributed by atoms with van der Waals surface area (Å²) in [6, 6.07) is 7.74. The van der Waals surface area contributed by atoms with Crippen LogP contribution in [0.2, 0.25) is 5.28 Å². The molecule has 1 aromatic carbocycles. The number of fused-ring (bicyclic) bond motifs is 1. The van der Waals surface area contributed by atoms with Gasteiger partial charge < -0.3 is 4.74 Å². The minimum atomic E-state index is 0.240. The molecular weight excluding hydrogens is 224 g/mol. The first-order chi connectivity index (χ1) is 7.83. The summed E-state index contributed by atoms with van der Waals surface area (Å²) in [6.45, 7) is 0.733. The molecule has 0 N–H and O–H groups in total. The van der Waals surface area contributed by atoms with Crippen molar-refractivity contribution in [1.82, 2.24) is 9.97 Å². The van der Waals surface area contributed by atoms with Crippen LogP contribution in [0.4, 0.5) is 0 Å². The number of rotatable bonds is 3. The average Bonchev–Trinajstić information content (AvgIpc) is 3.09. The van der Waals surface area contributed by atoms with E-state index in [-0.39, 0.29) is 5.28 Å². The van der Waals surface area contributed by atoms with E-state index in [0.717, 1.165) is 17.5 Å². The number of benzene rings is 1. The first-order valence-electron chi connectivity index (χ1n) is 5.38. The van der Waals surface area contributed by atoms with Crippen molar-refractivity contribution in [2.75, 3.05) is 6.61 Å². The van der Waals surface area contributed by atoms with E-state index in [9.17, 15) is 0 Å². The van der Waals surface area contributed by atoms with Gasteiger partial charge in [-0.2, -0.15) is 4.98 Å². The maximum Gasteiger partial charge on any atom is 0.226 e. The average molecular weight is 235 g/mol. The van der Waals surface area contributed by atoms with Gasteiger partial charge in [0.2, 0.25) is 11.2 Å². The van der Waals surface area contributed by atoms with Gasteiger partial charge in [0.25, 0.3) is 0 Å². The van der Waals surface area contributed by atoms with Gasteiger partial charge in [0.15, 0.2) is 0 Å². The fraction of sp³-hybridized carbons (Fsp3) is 0.333. The van der Waals surface area contributed by atoms with E-state index in [2.05, 4.69) is 9.97 Å². The van der Waals surface area contributed by atoms with Crippen LogP contribution in [0.5, 0.6) is 5.88 Å². The van der Waals surface area contributed by atoms with Crippen molar-refractivity contribution in [2.24, 2.45) is 5.92 Å². The van der Waals surface area contributed by atoms with Gasteiger partial charge in [-0.1, -0.05) is 12.1 Å². The number of para-hydroxylation sites is 1. The Bertz CT molecular complexity index is 525. The molecule has 0 radical (unpaired) electrons. The van der Waals surface area contributed by atoms with Crippen molar-refractivity contribution in [2.45, 2.75) is 12.8 Å². The van der Waals surface area contributed by atoms with Crippen molar-refractivity contribution in [3.63, 3.8) is 0 Å². The molecule has 1 aliphatic rings. The molecule has 2 aromatic rings. The monoisotopic (exact) mass is 234 g/mol. The third kappa shape index (κ3) is 1.95. The number of nitrogens with zero attached hydrogens (tertiary/aromatic N) is 2. The molecule has 1 aromatic heterocycles. The highest BCUT2D eigenvalue weighted by molar-refractivity contribution is 6.28. The Morgan fingerprint density at radius 1 is 1.25 bits per heavy atom. The first kappa shape index (κ1) is 9.85. The van der Waals surface area contributed by atoms with Crippen molar-refractivity contribution >= 4 is 22.5 Å². The molecule has 0 saturated heterocycles. The molecule has 3 nitrogen and oxygen atoms in total. The Morgan fingerprint density at radius 3 is 2.88 bits per heavy atom. The predicted molar refractivity (Wildman–Crippen MR) is 62.8 cm³/mol. The van der Waals surface area contributed by atoms with Crippen LogP contribution in [-0.2, 0) is 0 Å². The Kier molecular flexibility index (Phi) is 2.40. The van der Waals surface area contributed by atoms with E-state index in [1.54, 1.807) is 0 Å². The minimum absolute atomic E-state index is 0.240. The molecule has 16 heavy (non-hydrogen) atoms. The molecule has 82 valence electrons. The molecule has 3 rings (SSSR count). The lowest BCUT2D eigenvalue weighted by molar-refractivity contribution is 0.292. The third-order valence-corrected chi connectivity index (χ3v) is 2.86. The maximum absolute atomic E-state index is 5.85. The molecule has 1 saturated carbocycles. The smallest absolute Gasteiger partial charge is 0.226 e. The van der Waals surface area contributed by atoms with Crippen LogP contribution in [0.25, 0.3) is 10.9 Å². The van der Waals surface area contributed by atoms with Crippen LogP contribution in [0.3, 0.4) is 0 Å². The van der Waals surface area contributed by atoms with E-state index in [0.29, 0.717) is 11.8 Å². The summed E-state index contributed by atoms with van der Waals surface area (Å²) >= 11 is 5.85. The summed E-state index contributed by atoms with van der Waals surface area (Å²) in [7, 11) is 0. The van der Waals surface area contributed by atoms with Gasteiger partial charge in [-0.3, -0.25) is 0 Å². The summed E-state index contributed by atoms with van der Waals surface area (Å²) in [5.41, 5.74) is 0.827. The van der Waals surface area contributed by atoms with Crippen LogP contribution < -0.4 is 4.74 Å². The van der Waals surface area contributed by atoms with Crippen LogP contribution in [0.15, 0.2) is 24.3 Å². The number of hydrogen-bond acceptors (Lipinski definition) is 3. The van der Waals surface area contributed by atoms with Crippen molar-refractivity contribution in [3.05, 3.63) is 29.5 Å². The lowest BCUT2D eigenvalue weighted by Gasteiger charge is -2.07. The van der Waals surface area contributed by atoms with Crippen molar-refractivity contribution in [1.29, 1.82) is 0 Å². The molecule has 0 bridgehead atoms. The molecule has 0 amide bonds. The standard InChI is InChI=1S/C12H11ClN2O/c13-12-14-10-4-2-1-3-9(10)11(15-12)16-7-8-5-6-8/h1-4,8H,5-7H2. The molecule has 1 aliphatic carbocycles. The Balaban J connectivity index is 1.99. The molecule has 4 heteroatoms. The van der Waals surface area contributed by atoms with Crippen LogP contribution in [-0.4, -0.2) is 16.6 Å². The maximum atomic E-state index is 5.85. The molecule has 0 aliphatic heterocycles. The molecule has 1 heterocycles. The second kappa shape index (κ2) is 3.91. The van der Waals surface area contributed by atoms with E-state index in [1.807, 2.05) is 24.3 Å². The van der Waals surface area contributed by atoms with Gasteiger partial charge >= 0.3 is 0 Å². The van der Waals surface area contributed by atoms with E-state index in [1.165, 1.54) is 12.8 Å². The van der Waals surface area contributed by atoms with E-state index in [4.69, 9.17) is 16.3 Å². The minimum Gasteiger partial charge on any atom is -0.477 e.